The number of rotatable bonds is 4. The predicted octanol–water partition coefficient (Wildman–Crippen LogP) is 2.89. The lowest BCUT2D eigenvalue weighted by molar-refractivity contribution is 0.296. The van der Waals surface area contributed by atoms with Gasteiger partial charge in [-0.1, -0.05) is 29.5 Å². The summed E-state index contributed by atoms with van der Waals surface area (Å²) >= 11 is 0. The number of ether oxygens (including phenoxy) is 2. The molecule has 0 aliphatic heterocycles. The van der Waals surface area contributed by atoms with Gasteiger partial charge in [0.15, 0.2) is 0 Å². The average Bonchev–Trinajstić information content (AvgIpc) is 2.51. The highest BCUT2D eigenvalue weighted by Crippen LogP contribution is 2.22. The highest BCUT2D eigenvalue weighted by molar-refractivity contribution is 5.41. The SMILES string of the molecule is COc1ccc(C)cc1COc1cccc(C#CCN)c1. The third kappa shape index (κ3) is 4.27. The van der Waals surface area contributed by atoms with E-state index in [0.717, 1.165) is 22.6 Å². The van der Waals surface area contributed by atoms with E-state index in [1.165, 1.54) is 5.56 Å². The van der Waals surface area contributed by atoms with Crippen LogP contribution in [0.4, 0.5) is 0 Å². The fraction of sp³-hybridized carbons (Fsp3) is 0.222. The van der Waals surface area contributed by atoms with E-state index in [-0.39, 0.29) is 0 Å². The summed E-state index contributed by atoms with van der Waals surface area (Å²) in [5, 5.41) is 0. The van der Waals surface area contributed by atoms with Gasteiger partial charge in [-0.2, -0.15) is 0 Å². The van der Waals surface area contributed by atoms with Crippen molar-refractivity contribution >= 4 is 0 Å². The molecule has 3 heteroatoms. The van der Waals surface area contributed by atoms with Gasteiger partial charge in [-0.25, -0.2) is 0 Å². The minimum Gasteiger partial charge on any atom is -0.496 e. The summed E-state index contributed by atoms with van der Waals surface area (Å²) in [7, 11) is 1.66. The molecular weight excluding hydrogens is 262 g/mol. The molecule has 0 aliphatic rings. The first-order valence-corrected chi connectivity index (χ1v) is 6.78. The number of methoxy groups -OCH3 is 1. The van der Waals surface area contributed by atoms with E-state index in [1.54, 1.807) is 7.11 Å². The van der Waals surface area contributed by atoms with Crippen LogP contribution >= 0.6 is 0 Å². The first kappa shape index (κ1) is 15.0. The summed E-state index contributed by atoms with van der Waals surface area (Å²) < 4.78 is 11.2. The van der Waals surface area contributed by atoms with Crippen molar-refractivity contribution in [3.05, 3.63) is 59.2 Å². The summed E-state index contributed by atoms with van der Waals surface area (Å²) in [4.78, 5) is 0. The lowest BCUT2D eigenvalue weighted by atomic mass is 10.1. The number of hydrogen-bond acceptors (Lipinski definition) is 3. The molecule has 108 valence electrons. The summed E-state index contributed by atoms with van der Waals surface area (Å²) in [6.07, 6.45) is 0. The summed E-state index contributed by atoms with van der Waals surface area (Å²) in [5.74, 6) is 7.44. The molecule has 2 rings (SSSR count). The summed E-state index contributed by atoms with van der Waals surface area (Å²) in [6.45, 7) is 2.86. The standard InChI is InChI=1S/C18H19NO2/c1-14-8-9-18(20-2)16(11-14)13-21-17-7-3-5-15(12-17)6-4-10-19/h3,5,7-9,11-12H,10,13,19H2,1-2H3. The molecule has 2 N–H and O–H groups in total. The molecule has 0 atom stereocenters. The molecule has 2 aromatic rings. The van der Waals surface area contributed by atoms with Crippen molar-refractivity contribution in [3.8, 4) is 23.3 Å². The van der Waals surface area contributed by atoms with E-state index in [2.05, 4.69) is 17.9 Å². The quantitative estimate of drug-likeness (QED) is 0.876. The molecule has 0 heterocycles. The number of hydrogen-bond donors (Lipinski definition) is 1. The molecule has 2 aromatic carbocycles. The van der Waals surface area contributed by atoms with Gasteiger partial charge in [0.1, 0.15) is 18.1 Å². The minimum absolute atomic E-state index is 0.353. The molecule has 21 heavy (non-hydrogen) atoms. The monoisotopic (exact) mass is 281 g/mol. The molecule has 0 spiro atoms. The van der Waals surface area contributed by atoms with Gasteiger partial charge in [-0.15, -0.1) is 0 Å². The Balaban J connectivity index is 2.11. The van der Waals surface area contributed by atoms with Gasteiger partial charge in [0.05, 0.1) is 13.7 Å². The van der Waals surface area contributed by atoms with Crippen LogP contribution in [0.3, 0.4) is 0 Å². The number of nitrogens with two attached hydrogens (primary N) is 1. The first-order valence-electron chi connectivity index (χ1n) is 6.78. The maximum Gasteiger partial charge on any atom is 0.125 e. The van der Waals surface area contributed by atoms with Crippen LogP contribution in [-0.4, -0.2) is 13.7 Å². The molecule has 0 fully saturated rings. The van der Waals surface area contributed by atoms with Crippen molar-refractivity contribution in [3.63, 3.8) is 0 Å². The Morgan fingerprint density at radius 2 is 2.00 bits per heavy atom. The second-order valence-electron chi connectivity index (χ2n) is 4.64. The van der Waals surface area contributed by atoms with Crippen molar-refractivity contribution in [1.29, 1.82) is 0 Å². The van der Waals surface area contributed by atoms with Crippen molar-refractivity contribution in [2.75, 3.05) is 13.7 Å². The Hall–Kier alpha value is -2.44. The molecule has 0 saturated heterocycles. The molecule has 0 saturated carbocycles. The van der Waals surface area contributed by atoms with Crippen LogP contribution in [0.25, 0.3) is 0 Å². The molecule has 0 amide bonds. The average molecular weight is 281 g/mol. The van der Waals surface area contributed by atoms with Crippen LogP contribution in [0.1, 0.15) is 16.7 Å². The molecule has 0 unspecified atom stereocenters. The second-order valence-corrected chi connectivity index (χ2v) is 4.64. The Bertz CT molecular complexity index is 668. The zero-order chi connectivity index (χ0) is 15.1. The van der Waals surface area contributed by atoms with Crippen molar-refractivity contribution in [2.45, 2.75) is 13.5 Å². The number of benzene rings is 2. The van der Waals surface area contributed by atoms with E-state index < -0.39 is 0 Å². The van der Waals surface area contributed by atoms with Gasteiger partial charge in [-0.05, 0) is 37.3 Å². The fourth-order valence-corrected chi connectivity index (χ4v) is 2.00. The van der Waals surface area contributed by atoms with Gasteiger partial charge in [-0.3, -0.25) is 0 Å². The van der Waals surface area contributed by atoms with Gasteiger partial charge >= 0.3 is 0 Å². The van der Waals surface area contributed by atoms with Crippen LogP contribution in [0.2, 0.25) is 0 Å². The Morgan fingerprint density at radius 1 is 1.14 bits per heavy atom. The van der Waals surface area contributed by atoms with Gasteiger partial charge in [0, 0.05) is 11.1 Å². The fourth-order valence-electron chi connectivity index (χ4n) is 2.00. The van der Waals surface area contributed by atoms with Crippen molar-refractivity contribution in [2.24, 2.45) is 5.73 Å². The second kappa shape index (κ2) is 7.37. The van der Waals surface area contributed by atoms with E-state index in [9.17, 15) is 0 Å². The highest BCUT2D eigenvalue weighted by Gasteiger charge is 2.04. The smallest absolute Gasteiger partial charge is 0.125 e. The van der Waals surface area contributed by atoms with Crippen LogP contribution < -0.4 is 15.2 Å². The third-order valence-corrected chi connectivity index (χ3v) is 3.00. The van der Waals surface area contributed by atoms with Gasteiger partial charge < -0.3 is 15.2 Å². The van der Waals surface area contributed by atoms with Crippen LogP contribution in [0.15, 0.2) is 42.5 Å². The van der Waals surface area contributed by atoms with Crippen molar-refractivity contribution < 1.29 is 9.47 Å². The lowest BCUT2D eigenvalue weighted by Crippen LogP contribution is -1.99. The number of aryl methyl sites for hydroxylation is 1. The largest absolute Gasteiger partial charge is 0.496 e. The minimum atomic E-state index is 0.353. The Kier molecular flexibility index (Phi) is 5.25. The van der Waals surface area contributed by atoms with Crippen LogP contribution in [0, 0.1) is 18.8 Å². The molecule has 0 aliphatic carbocycles. The zero-order valence-corrected chi connectivity index (χ0v) is 12.3. The third-order valence-electron chi connectivity index (χ3n) is 3.00. The van der Waals surface area contributed by atoms with Crippen LogP contribution in [-0.2, 0) is 6.61 Å². The van der Waals surface area contributed by atoms with E-state index in [1.807, 2.05) is 43.3 Å². The van der Waals surface area contributed by atoms with E-state index in [4.69, 9.17) is 15.2 Å². The van der Waals surface area contributed by atoms with Gasteiger partial charge in [0.2, 0.25) is 0 Å². The predicted molar refractivity (Wildman–Crippen MR) is 84.4 cm³/mol. The molecular formula is C18H19NO2. The Morgan fingerprint density at radius 3 is 2.76 bits per heavy atom. The van der Waals surface area contributed by atoms with Crippen LogP contribution in [0.5, 0.6) is 11.5 Å². The Labute approximate surface area is 125 Å². The normalized spacial score (nSPS) is 9.67. The van der Waals surface area contributed by atoms with E-state index >= 15 is 0 Å². The summed E-state index contributed by atoms with van der Waals surface area (Å²) in [6, 6.07) is 13.7. The molecule has 0 aromatic heterocycles. The maximum atomic E-state index is 5.83. The zero-order valence-electron chi connectivity index (χ0n) is 12.3. The first-order chi connectivity index (χ1) is 10.2. The van der Waals surface area contributed by atoms with E-state index in [0.29, 0.717) is 13.2 Å². The highest BCUT2D eigenvalue weighted by atomic mass is 16.5. The lowest BCUT2D eigenvalue weighted by Gasteiger charge is -2.11. The van der Waals surface area contributed by atoms with Gasteiger partial charge in [0.25, 0.3) is 0 Å². The summed E-state index contributed by atoms with van der Waals surface area (Å²) in [5.41, 5.74) is 8.48. The molecule has 0 radical (unpaired) electrons. The van der Waals surface area contributed by atoms with Crippen molar-refractivity contribution in [1.82, 2.24) is 0 Å². The maximum absolute atomic E-state index is 5.83. The topological polar surface area (TPSA) is 44.5 Å². The molecule has 3 nitrogen and oxygen atoms in total. The molecule has 0 bridgehead atoms.